The van der Waals surface area contributed by atoms with Gasteiger partial charge in [-0.25, -0.2) is 0 Å². The van der Waals surface area contributed by atoms with Crippen LogP contribution in [0.5, 0.6) is 0 Å². The van der Waals surface area contributed by atoms with Crippen LogP contribution in [-0.2, 0) is 6.42 Å². The molecule has 100 valence electrons. The number of hydrogen-bond donors (Lipinski definition) is 2. The number of rotatable bonds is 5. The minimum absolute atomic E-state index is 0.486. The summed E-state index contributed by atoms with van der Waals surface area (Å²) in [6, 6.07) is 8.60. The van der Waals surface area contributed by atoms with Crippen molar-refractivity contribution in [1.29, 1.82) is 0 Å². The van der Waals surface area contributed by atoms with E-state index in [1.165, 1.54) is 18.4 Å². The molecule has 18 heavy (non-hydrogen) atoms. The van der Waals surface area contributed by atoms with E-state index >= 15 is 0 Å². The van der Waals surface area contributed by atoms with Crippen LogP contribution in [0.15, 0.2) is 24.3 Å². The van der Waals surface area contributed by atoms with Crippen molar-refractivity contribution in [2.75, 3.05) is 11.9 Å². The third kappa shape index (κ3) is 3.74. The summed E-state index contributed by atoms with van der Waals surface area (Å²) in [6.07, 6.45) is 7.80. The predicted molar refractivity (Wildman–Crippen MR) is 77.0 cm³/mol. The summed E-state index contributed by atoms with van der Waals surface area (Å²) in [5.74, 6) is 0. The topological polar surface area (TPSA) is 32.3 Å². The lowest BCUT2D eigenvalue weighted by Crippen LogP contribution is -2.38. The van der Waals surface area contributed by atoms with Crippen LogP contribution >= 0.6 is 0 Å². The van der Waals surface area contributed by atoms with Crippen molar-refractivity contribution < 1.29 is 5.11 Å². The second kappa shape index (κ2) is 6.24. The number of benzene rings is 1. The molecule has 2 N–H and O–H groups in total. The predicted octanol–water partition coefficient (Wildman–Crippen LogP) is 3.75. The molecule has 0 atom stereocenters. The molecule has 1 aromatic carbocycles. The van der Waals surface area contributed by atoms with Crippen LogP contribution < -0.4 is 5.32 Å². The van der Waals surface area contributed by atoms with Crippen molar-refractivity contribution in [2.45, 2.75) is 57.5 Å². The lowest BCUT2D eigenvalue weighted by molar-refractivity contribution is 0.0167. The highest BCUT2D eigenvalue weighted by Crippen LogP contribution is 2.28. The van der Waals surface area contributed by atoms with Crippen LogP contribution in [0, 0.1) is 0 Å². The maximum absolute atomic E-state index is 10.4. The lowest BCUT2D eigenvalue weighted by atomic mass is 9.85. The minimum Gasteiger partial charge on any atom is -0.388 e. The van der Waals surface area contributed by atoms with Gasteiger partial charge in [0.15, 0.2) is 0 Å². The van der Waals surface area contributed by atoms with Gasteiger partial charge in [0.25, 0.3) is 0 Å². The molecule has 0 saturated heterocycles. The van der Waals surface area contributed by atoms with Gasteiger partial charge in [0.2, 0.25) is 0 Å². The minimum atomic E-state index is -0.486. The summed E-state index contributed by atoms with van der Waals surface area (Å²) in [6.45, 7) is 2.88. The first-order chi connectivity index (χ1) is 8.72. The van der Waals surface area contributed by atoms with Crippen LogP contribution in [0.25, 0.3) is 0 Å². The van der Waals surface area contributed by atoms with Crippen LogP contribution in [-0.4, -0.2) is 17.3 Å². The quantitative estimate of drug-likeness (QED) is 0.830. The fourth-order valence-corrected chi connectivity index (χ4v) is 2.73. The Labute approximate surface area is 110 Å². The van der Waals surface area contributed by atoms with Crippen molar-refractivity contribution >= 4 is 5.69 Å². The summed E-state index contributed by atoms with van der Waals surface area (Å²) >= 11 is 0. The molecule has 0 aromatic heterocycles. The van der Waals surface area contributed by atoms with Crippen molar-refractivity contribution in [3.63, 3.8) is 0 Å². The van der Waals surface area contributed by atoms with E-state index in [2.05, 4.69) is 36.5 Å². The van der Waals surface area contributed by atoms with E-state index in [1.807, 2.05) is 0 Å². The van der Waals surface area contributed by atoms with Crippen molar-refractivity contribution in [3.8, 4) is 0 Å². The zero-order valence-electron chi connectivity index (χ0n) is 11.4. The van der Waals surface area contributed by atoms with Gasteiger partial charge in [-0.3, -0.25) is 0 Å². The zero-order chi connectivity index (χ0) is 12.8. The molecule has 0 heterocycles. The van der Waals surface area contributed by atoms with E-state index < -0.39 is 5.60 Å². The summed E-state index contributed by atoms with van der Waals surface area (Å²) < 4.78 is 0. The van der Waals surface area contributed by atoms with Crippen LogP contribution in [0.4, 0.5) is 5.69 Å². The molecule has 1 aromatic rings. The van der Waals surface area contributed by atoms with E-state index in [1.54, 1.807) is 0 Å². The Bertz CT molecular complexity index is 352. The van der Waals surface area contributed by atoms with Gasteiger partial charge in [-0.15, -0.1) is 0 Å². The number of hydrogen-bond acceptors (Lipinski definition) is 2. The largest absolute Gasteiger partial charge is 0.388 e. The monoisotopic (exact) mass is 247 g/mol. The number of nitrogens with one attached hydrogen (secondary N) is 1. The van der Waals surface area contributed by atoms with Crippen molar-refractivity contribution in [1.82, 2.24) is 0 Å². The number of aliphatic hydroxyl groups is 1. The summed E-state index contributed by atoms with van der Waals surface area (Å²) in [5, 5.41) is 13.8. The molecular weight excluding hydrogens is 222 g/mol. The number of aryl methyl sites for hydroxylation is 1. The van der Waals surface area contributed by atoms with Gasteiger partial charge in [0.1, 0.15) is 0 Å². The average Bonchev–Trinajstić information content (AvgIpc) is 2.39. The van der Waals surface area contributed by atoms with E-state index in [-0.39, 0.29) is 0 Å². The molecule has 0 bridgehead atoms. The fourth-order valence-electron chi connectivity index (χ4n) is 2.73. The third-order valence-corrected chi connectivity index (χ3v) is 3.90. The lowest BCUT2D eigenvalue weighted by Gasteiger charge is -2.32. The Morgan fingerprint density at radius 1 is 1.11 bits per heavy atom. The molecule has 0 amide bonds. The fraction of sp³-hybridized carbons (Fsp3) is 0.625. The molecule has 1 aliphatic rings. The van der Waals surface area contributed by atoms with Gasteiger partial charge in [0.05, 0.1) is 5.60 Å². The van der Waals surface area contributed by atoms with Gasteiger partial charge in [0, 0.05) is 12.2 Å². The number of anilines is 1. The average molecular weight is 247 g/mol. The molecule has 0 radical (unpaired) electrons. The Morgan fingerprint density at radius 2 is 1.78 bits per heavy atom. The summed E-state index contributed by atoms with van der Waals surface area (Å²) in [4.78, 5) is 0. The molecule has 0 unspecified atom stereocenters. The van der Waals surface area contributed by atoms with E-state index in [0.29, 0.717) is 6.54 Å². The van der Waals surface area contributed by atoms with Crippen molar-refractivity contribution in [2.24, 2.45) is 0 Å². The van der Waals surface area contributed by atoms with E-state index in [0.717, 1.165) is 37.8 Å². The summed E-state index contributed by atoms with van der Waals surface area (Å²) in [5.41, 5.74) is 2.02. The van der Waals surface area contributed by atoms with E-state index in [4.69, 9.17) is 0 Å². The highest BCUT2D eigenvalue weighted by atomic mass is 16.3. The second-order valence-electron chi connectivity index (χ2n) is 5.59. The molecule has 1 fully saturated rings. The second-order valence-corrected chi connectivity index (χ2v) is 5.59. The zero-order valence-corrected chi connectivity index (χ0v) is 11.4. The third-order valence-electron chi connectivity index (χ3n) is 3.90. The SMILES string of the molecule is CCCc1ccc(NCC2(O)CCCCC2)cc1. The molecular formula is C16H25NO. The molecule has 1 aliphatic carbocycles. The maximum atomic E-state index is 10.4. The first-order valence-corrected chi connectivity index (χ1v) is 7.27. The normalized spacial score (nSPS) is 18.6. The standard InChI is InChI=1S/C16H25NO/c1-2-6-14-7-9-15(10-8-14)17-13-16(18)11-4-3-5-12-16/h7-10,17-18H,2-6,11-13H2,1H3. The van der Waals surface area contributed by atoms with Crippen LogP contribution in [0.2, 0.25) is 0 Å². The Kier molecular flexibility index (Phi) is 4.65. The first-order valence-electron chi connectivity index (χ1n) is 7.27. The maximum Gasteiger partial charge on any atom is 0.0819 e. The first kappa shape index (κ1) is 13.4. The molecule has 0 aliphatic heterocycles. The molecule has 1 saturated carbocycles. The summed E-state index contributed by atoms with van der Waals surface area (Å²) in [7, 11) is 0. The van der Waals surface area contributed by atoms with E-state index in [9.17, 15) is 5.11 Å². The smallest absolute Gasteiger partial charge is 0.0819 e. The molecule has 2 rings (SSSR count). The van der Waals surface area contributed by atoms with Gasteiger partial charge < -0.3 is 10.4 Å². The Morgan fingerprint density at radius 3 is 2.39 bits per heavy atom. The van der Waals surface area contributed by atoms with Gasteiger partial charge in [-0.1, -0.05) is 44.7 Å². The van der Waals surface area contributed by atoms with Crippen LogP contribution in [0.1, 0.15) is 51.0 Å². The van der Waals surface area contributed by atoms with Gasteiger partial charge in [-0.2, -0.15) is 0 Å². The molecule has 2 heteroatoms. The van der Waals surface area contributed by atoms with Gasteiger partial charge >= 0.3 is 0 Å². The van der Waals surface area contributed by atoms with Gasteiger partial charge in [-0.05, 0) is 37.0 Å². The molecule has 2 nitrogen and oxygen atoms in total. The Balaban J connectivity index is 1.85. The highest BCUT2D eigenvalue weighted by Gasteiger charge is 2.28. The Hall–Kier alpha value is -1.02. The van der Waals surface area contributed by atoms with Crippen LogP contribution in [0.3, 0.4) is 0 Å². The molecule has 0 spiro atoms. The highest BCUT2D eigenvalue weighted by molar-refractivity contribution is 5.45. The van der Waals surface area contributed by atoms with Crippen molar-refractivity contribution in [3.05, 3.63) is 29.8 Å².